The van der Waals surface area contributed by atoms with Gasteiger partial charge in [-0.25, -0.2) is 0 Å². The molecule has 57 valence electrons. The second-order valence-electron chi connectivity index (χ2n) is 2.08. The lowest BCUT2D eigenvalue weighted by Gasteiger charge is -1.96. The minimum atomic E-state index is -0.104. The van der Waals surface area contributed by atoms with Crippen LogP contribution < -0.4 is 0 Å². The van der Waals surface area contributed by atoms with E-state index >= 15 is 0 Å². The quantitative estimate of drug-likeness (QED) is 0.611. The van der Waals surface area contributed by atoms with Gasteiger partial charge in [0.05, 0.1) is 0 Å². The predicted octanol–water partition coefficient (Wildman–Crippen LogP) is 1.68. The van der Waals surface area contributed by atoms with Crippen molar-refractivity contribution < 1.29 is 9.53 Å². The number of carbonyl (C=O) groups is 1. The van der Waals surface area contributed by atoms with Crippen molar-refractivity contribution in [2.75, 3.05) is 7.11 Å². The third-order valence-corrected chi connectivity index (χ3v) is 1.28. The Kier molecular flexibility index (Phi) is 2.81. The maximum Gasteiger partial charge on any atom is 0.194 e. The van der Waals surface area contributed by atoms with E-state index in [1.807, 2.05) is 18.2 Å². The molecule has 2 heteroatoms. The highest BCUT2D eigenvalue weighted by Gasteiger charge is 2.02. The van der Waals surface area contributed by atoms with Gasteiger partial charge < -0.3 is 4.74 Å². The van der Waals surface area contributed by atoms with Gasteiger partial charge in [-0.2, -0.15) is 0 Å². The molecule has 1 aromatic rings. The van der Waals surface area contributed by atoms with Gasteiger partial charge in [0.1, 0.15) is 0 Å². The van der Waals surface area contributed by atoms with Gasteiger partial charge >= 0.3 is 0 Å². The van der Waals surface area contributed by atoms with E-state index in [2.05, 4.69) is 4.74 Å². The molecule has 0 unspecified atom stereocenters. The normalized spacial score (nSPS) is 9.55. The Balaban J connectivity index is 2.69. The van der Waals surface area contributed by atoms with Gasteiger partial charge in [0.15, 0.2) is 12.4 Å². The zero-order valence-corrected chi connectivity index (χ0v) is 6.28. The summed E-state index contributed by atoms with van der Waals surface area (Å²) in [5.41, 5.74) is 0.648. The first kappa shape index (κ1) is 7.95. The van der Waals surface area contributed by atoms with Gasteiger partial charge in [-0.3, -0.25) is 4.79 Å². The van der Waals surface area contributed by atoms with Crippen LogP contribution in [0.2, 0.25) is 0 Å². The Labute approximate surface area is 65.8 Å². The molecule has 0 amide bonds. The monoisotopic (exact) mass is 149 g/mol. The molecule has 0 atom stereocenters. The number of methoxy groups -OCH3 is 1. The summed E-state index contributed by atoms with van der Waals surface area (Å²) in [5.74, 6) is -0.104. The molecule has 1 radical (unpaired) electrons. The Morgan fingerprint density at radius 2 is 2.00 bits per heavy atom. The third-order valence-electron chi connectivity index (χ3n) is 1.28. The fraction of sp³-hybridized carbons (Fsp3) is 0.111. The van der Waals surface area contributed by atoms with Crippen LogP contribution in [-0.2, 0) is 4.74 Å². The maximum absolute atomic E-state index is 11.1. The van der Waals surface area contributed by atoms with Crippen molar-refractivity contribution in [2.24, 2.45) is 0 Å². The van der Waals surface area contributed by atoms with Crippen molar-refractivity contribution in [1.82, 2.24) is 0 Å². The van der Waals surface area contributed by atoms with Crippen molar-refractivity contribution in [3.63, 3.8) is 0 Å². The molecule has 0 aromatic heterocycles. The van der Waals surface area contributed by atoms with E-state index in [9.17, 15) is 4.79 Å². The number of hydrogen-bond donors (Lipinski definition) is 0. The molecule has 0 bridgehead atoms. The van der Waals surface area contributed by atoms with Gasteiger partial charge in [0, 0.05) is 12.7 Å². The summed E-state index contributed by atoms with van der Waals surface area (Å²) in [4.78, 5) is 11.1. The smallest absolute Gasteiger partial charge is 0.194 e. The van der Waals surface area contributed by atoms with E-state index in [0.29, 0.717) is 5.56 Å². The van der Waals surface area contributed by atoms with Crippen LogP contribution in [0.3, 0.4) is 0 Å². The topological polar surface area (TPSA) is 26.3 Å². The van der Waals surface area contributed by atoms with Crippen molar-refractivity contribution in [3.05, 3.63) is 42.5 Å². The first-order chi connectivity index (χ1) is 5.34. The molecule has 0 saturated carbocycles. The number of ketones is 1. The van der Waals surface area contributed by atoms with E-state index in [4.69, 9.17) is 0 Å². The van der Waals surface area contributed by atoms with E-state index in [0.717, 1.165) is 0 Å². The lowest BCUT2D eigenvalue weighted by molar-refractivity contribution is 0.0941. The molecule has 11 heavy (non-hydrogen) atoms. The first-order valence-corrected chi connectivity index (χ1v) is 3.30. The lowest BCUT2D eigenvalue weighted by Crippen LogP contribution is -1.99. The standard InChI is InChI=1S/C9H9O2/c1-11-7-9(10)8-5-3-2-4-6-8/h2-7H,1H3. The predicted molar refractivity (Wildman–Crippen MR) is 42.1 cm³/mol. The van der Waals surface area contributed by atoms with Crippen LogP contribution in [0.5, 0.6) is 0 Å². The van der Waals surface area contributed by atoms with Gasteiger partial charge in [0.25, 0.3) is 0 Å². The van der Waals surface area contributed by atoms with E-state index in [1.165, 1.54) is 13.7 Å². The van der Waals surface area contributed by atoms with Crippen molar-refractivity contribution in [3.8, 4) is 0 Å². The fourth-order valence-electron chi connectivity index (χ4n) is 0.777. The van der Waals surface area contributed by atoms with Gasteiger partial charge in [0.2, 0.25) is 0 Å². The summed E-state index contributed by atoms with van der Waals surface area (Å²) in [6.07, 6.45) is 0. The van der Waals surface area contributed by atoms with Crippen LogP contribution in [0, 0.1) is 6.61 Å². The van der Waals surface area contributed by atoms with Gasteiger partial charge in [-0.15, -0.1) is 0 Å². The Bertz CT molecular complexity index is 229. The maximum atomic E-state index is 11.1. The molecule has 1 rings (SSSR count). The van der Waals surface area contributed by atoms with Gasteiger partial charge in [-0.05, 0) is 0 Å². The minimum Gasteiger partial charge on any atom is -0.370 e. The molecular weight excluding hydrogens is 140 g/mol. The van der Waals surface area contributed by atoms with Gasteiger partial charge in [-0.1, -0.05) is 30.3 Å². The van der Waals surface area contributed by atoms with Crippen LogP contribution in [0.25, 0.3) is 0 Å². The van der Waals surface area contributed by atoms with Crippen LogP contribution in [0.1, 0.15) is 10.4 Å². The number of rotatable bonds is 3. The van der Waals surface area contributed by atoms with Crippen LogP contribution in [0.4, 0.5) is 0 Å². The summed E-state index contributed by atoms with van der Waals surface area (Å²) in [5, 5.41) is 0. The highest BCUT2D eigenvalue weighted by atomic mass is 16.5. The van der Waals surface area contributed by atoms with Crippen LogP contribution in [-0.4, -0.2) is 12.9 Å². The number of Topliss-reactive ketones (excluding diaryl/α,β-unsaturated/α-hetero) is 1. The molecule has 0 aliphatic carbocycles. The fourth-order valence-corrected chi connectivity index (χ4v) is 0.777. The highest BCUT2D eigenvalue weighted by Crippen LogP contribution is 2.01. The largest absolute Gasteiger partial charge is 0.370 e. The summed E-state index contributed by atoms with van der Waals surface area (Å²) in [7, 11) is 1.46. The number of carbonyl (C=O) groups excluding carboxylic acids is 1. The summed E-state index contributed by atoms with van der Waals surface area (Å²) in [6.45, 7) is 1.19. The van der Waals surface area contributed by atoms with E-state index in [1.54, 1.807) is 12.1 Å². The zero-order chi connectivity index (χ0) is 8.10. The Hall–Kier alpha value is -1.15. The highest BCUT2D eigenvalue weighted by molar-refractivity contribution is 6.01. The molecule has 0 aliphatic heterocycles. The molecule has 0 saturated heterocycles. The van der Waals surface area contributed by atoms with Crippen LogP contribution >= 0.6 is 0 Å². The number of benzene rings is 1. The molecular formula is C9H9O2. The van der Waals surface area contributed by atoms with Crippen molar-refractivity contribution >= 4 is 5.78 Å². The second kappa shape index (κ2) is 3.88. The Morgan fingerprint density at radius 3 is 2.55 bits per heavy atom. The summed E-state index contributed by atoms with van der Waals surface area (Å²) >= 11 is 0. The minimum absolute atomic E-state index is 0.104. The average Bonchev–Trinajstić information content (AvgIpc) is 2.07. The van der Waals surface area contributed by atoms with E-state index < -0.39 is 0 Å². The molecule has 0 spiro atoms. The lowest BCUT2D eigenvalue weighted by atomic mass is 10.1. The van der Waals surface area contributed by atoms with Crippen molar-refractivity contribution in [1.29, 1.82) is 0 Å². The summed E-state index contributed by atoms with van der Waals surface area (Å²) in [6, 6.07) is 8.99. The van der Waals surface area contributed by atoms with E-state index in [-0.39, 0.29) is 5.78 Å². The molecule has 0 fully saturated rings. The number of ether oxygens (including phenoxy) is 1. The molecule has 0 N–H and O–H groups in total. The van der Waals surface area contributed by atoms with Crippen molar-refractivity contribution in [2.45, 2.75) is 0 Å². The molecule has 0 aliphatic rings. The molecule has 1 aromatic carbocycles. The SMILES string of the molecule is CO[CH]C(=O)c1ccccc1. The second-order valence-corrected chi connectivity index (χ2v) is 2.08. The third kappa shape index (κ3) is 2.16. The first-order valence-electron chi connectivity index (χ1n) is 3.30. The average molecular weight is 149 g/mol. The Morgan fingerprint density at radius 1 is 1.36 bits per heavy atom. The summed E-state index contributed by atoms with van der Waals surface area (Å²) < 4.78 is 4.58. The molecule has 0 heterocycles. The van der Waals surface area contributed by atoms with Crippen LogP contribution in [0.15, 0.2) is 30.3 Å². The molecule has 2 nitrogen and oxygen atoms in total. The zero-order valence-electron chi connectivity index (χ0n) is 6.28. The number of hydrogen-bond acceptors (Lipinski definition) is 2.